The fourth-order valence-electron chi connectivity index (χ4n) is 3.53. The van der Waals surface area contributed by atoms with Crippen LogP contribution in [0.4, 0.5) is 25.3 Å². The minimum atomic E-state index is -0.985. The largest absolute Gasteiger partial charge is 0.443 e. The second-order valence-electron chi connectivity index (χ2n) is 11.1. The SMILES string of the molecule is CN(C)C(=O)Nc1nc2c(s1)C(=O)C(C(=O)c1ccc(N(C(=O)OC(C)(C)C)C(=O)OC(C)(C)C)nc1)CC2. The third-order valence-electron chi connectivity index (χ3n) is 5.26. The first-order valence-electron chi connectivity index (χ1n) is 12.3. The minimum absolute atomic E-state index is 0.101. The quantitative estimate of drug-likeness (QED) is 0.406. The second kappa shape index (κ2) is 11.1. The number of Topliss-reactive ketones (excluding diaryl/α,β-unsaturated/α-hetero) is 2. The van der Waals surface area contributed by atoms with Crippen molar-refractivity contribution in [3.05, 3.63) is 34.5 Å². The summed E-state index contributed by atoms with van der Waals surface area (Å²) in [6.07, 6.45) is -0.125. The van der Waals surface area contributed by atoms with Crippen LogP contribution in [-0.4, -0.2) is 69.9 Å². The molecule has 0 fully saturated rings. The van der Waals surface area contributed by atoms with Gasteiger partial charge in [-0.05, 0) is 66.5 Å². The second-order valence-corrected chi connectivity index (χ2v) is 12.1. The predicted octanol–water partition coefficient (Wildman–Crippen LogP) is 4.94. The molecule has 1 atom stereocenters. The van der Waals surface area contributed by atoms with E-state index >= 15 is 0 Å². The van der Waals surface area contributed by atoms with Crippen molar-refractivity contribution in [2.24, 2.45) is 5.92 Å². The van der Waals surface area contributed by atoms with Gasteiger partial charge in [0.1, 0.15) is 17.0 Å². The molecule has 1 N–H and O–H groups in total. The molecule has 0 bridgehead atoms. The van der Waals surface area contributed by atoms with E-state index in [-0.39, 0.29) is 34.7 Å². The lowest BCUT2D eigenvalue weighted by atomic mass is 9.84. The molecule has 3 rings (SSSR count). The highest BCUT2D eigenvalue weighted by molar-refractivity contribution is 7.17. The first kappa shape index (κ1) is 29.7. The fourth-order valence-corrected chi connectivity index (χ4v) is 4.53. The summed E-state index contributed by atoms with van der Waals surface area (Å²) in [4.78, 5) is 74.8. The molecular formula is C26H33N5O7S. The summed E-state index contributed by atoms with van der Waals surface area (Å²) in [5, 5.41) is 2.91. The summed E-state index contributed by atoms with van der Waals surface area (Å²) in [6, 6.07) is 2.34. The number of pyridine rings is 1. The van der Waals surface area contributed by atoms with Gasteiger partial charge in [0.15, 0.2) is 16.7 Å². The number of ketones is 2. The molecule has 2 aromatic heterocycles. The molecule has 1 unspecified atom stereocenters. The Balaban J connectivity index is 1.82. The van der Waals surface area contributed by atoms with Gasteiger partial charge in [-0.1, -0.05) is 11.3 Å². The molecule has 0 aliphatic heterocycles. The van der Waals surface area contributed by atoms with Crippen molar-refractivity contribution in [2.45, 2.75) is 65.6 Å². The van der Waals surface area contributed by atoms with Crippen LogP contribution in [0.3, 0.4) is 0 Å². The summed E-state index contributed by atoms with van der Waals surface area (Å²) < 4.78 is 10.7. The summed E-state index contributed by atoms with van der Waals surface area (Å²) in [7, 11) is 3.17. The maximum absolute atomic E-state index is 13.3. The van der Waals surface area contributed by atoms with Gasteiger partial charge in [-0.15, -0.1) is 0 Å². The first-order chi connectivity index (χ1) is 18.0. The third kappa shape index (κ3) is 7.37. The molecule has 13 heteroatoms. The van der Waals surface area contributed by atoms with E-state index in [9.17, 15) is 24.0 Å². The minimum Gasteiger partial charge on any atom is -0.443 e. The zero-order valence-electron chi connectivity index (χ0n) is 23.3. The van der Waals surface area contributed by atoms with Gasteiger partial charge in [-0.2, -0.15) is 4.90 Å². The summed E-state index contributed by atoms with van der Waals surface area (Å²) in [5.41, 5.74) is -1.10. The van der Waals surface area contributed by atoms with Gasteiger partial charge in [0.05, 0.1) is 16.5 Å². The molecule has 0 radical (unpaired) electrons. The van der Waals surface area contributed by atoms with Crippen LogP contribution in [0.1, 0.15) is 73.7 Å². The number of ether oxygens (including phenoxy) is 2. The van der Waals surface area contributed by atoms with Gasteiger partial charge in [0.2, 0.25) is 0 Å². The smallest absolute Gasteiger partial charge is 0.425 e. The normalized spacial score (nSPS) is 15.2. The zero-order valence-corrected chi connectivity index (χ0v) is 24.1. The van der Waals surface area contributed by atoms with Gasteiger partial charge in [0.25, 0.3) is 0 Å². The molecule has 0 saturated heterocycles. The van der Waals surface area contributed by atoms with Crippen molar-refractivity contribution < 1.29 is 33.4 Å². The molecule has 0 aromatic carbocycles. The Kier molecular flexibility index (Phi) is 8.44. The first-order valence-corrected chi connectivity index (χ1v) is 13.1. The molecule has 39 heavy (non-hydrogen) atoms. The number of hydrogen-bond acceptors (Lipinski definition) is 10. The van der Waals surface area contributed by atoms with E-state index in [0.29, 0.717) is 21.9 Å². The number of rotatable bonds is 4. The maximum atomic E-state index is 13.3. The van der Waals surface area contributed by atoms with Crippen LogP contribution in [0.15, 0.2) is 18.3 Å². The van der Waals surface area contributed by atoms with Crippen LogP contribution in [0, 0.1) is 5.92 Å². The van der Waals surface area contributed by atoms with E-state index in [1.807, 2.05) is 0 Å². The summed E-state index contributed by atoms with van der Waals surface area (Å²) in [5.74, 6) is -1.87. The van der Waals surface area contributed by atoms with Gasteiger partial charge >= 0.3 is 18.2 Å². The fraction of sp³-hybridized carbons (Fsp3) is 0.500. The third-order valence-corrected chi connectivity index (χ3v) is 6.29. The molecule has 12 nitrogen and oxygen atoms in total. The molecule has 210 valence electrons. The van der Waals surface area contributed by atoms with Crippen molar-refractivity contribution in [3.63, 3.8) is 0 Å². The number of nitrogens with zero attached hydrogens (tertiary/aromatic N) is 4. The highest BCUT2D eigenvalue weighted by Crippen LogP contribution is 2.34. The lowest BCUT2D eigenvalue weighted by Crippen LogP contribution is -2.44. The summed E-state index contributed by atoms with van der Waals surface area (Å²) >= 11 is 1.03. The van der Waals surface area contributed by atoms with Crippen molar-refractivity contribution in [2.75, 3.05) is 24.3 Å². The zero-order chi connectivity index (χ0) is 29.3. The van der Waals surface area contributed by atoms with E-state index < -0.39 is 35.1 Å². The lowest BCUT2D eigenvalue weighted by Gasteiger charge is -2.28. The number of carbonyl (C=O) groups excluding carboxylic acids is 5. The molecule has 1 aliphatic carbocycles. The van der Waals surface area contributed by atoms with E-state index in [4.69, 9.17) is 9.47 Å². The van der Waals surface area contributed by atoms with E-state index in [2.05, 4.69) is 15.3 Å². The Morgan fingerprint density at radius 2 is 1.59 bits per heavy atom. The highest BCUT2D eigenvalue weighted by Gasteiger charge is 2.37. The van der Waals surface area contributed by atoms with E-state index in [0.717, 1.165) is 11.3 Å². The van der Waals surface area contributed by atoms with Crippen LogP contribution in [-0.2, 0) is 15.9 Å². The maximum Gasteiger partial charge on any atom is 0.425 e. The number of amides is 4. The number of nitrogens with one attached hydrogen (secondary N) is 1. The Hall–Kier alpha value is -3.87. The molecule has 2 aromatic rings. The van der Waals surface area contributed by atoms with Crippen molar-refractivity contribution in [1.29, 1.82) is 0 Å². The number of hydrogen-bond donors (Lipinski definition) is 1. The average Bonchev–Trinajstić information content (AvgIpc) is 3.20. The monoisotopic (exact) mass is 559 g/mol. The number of imide groups is 1. The standard InChI is InChI=1S/C26H33N5O7S/c1-25(2,3)37-23(35)31(24(36)38-26(4,5)6)17-12-9-14(13-27-17)18(32)15-10-11-16-20(19(15)33)39-21(28-16)29-22(34)30(7)8/h9,12-13,15H,10-11H2,1-8H3,(H,28,29,34). The highest BCUT2D eigenvalue weighted by atomic mass is 32.1. The Bertz CT molecular complexity index is 1260. The average molecular weight is 560 g/mol. The van der Waals surface area contributed by atoms with E-state index in [1.54, 1.807) is 55.6 Å². The number of aromatic nitrogens is 2. The molecule has 4 amide bonds. The number of carbonyl (C=O) groups is 5. The Morgan fingerprint density at radius 3 is 2.08 bits per heavy atom. The van der Waals surface area contributed by atoms with Gasteiger partial charge in [-0.25, -0.2) is 24.4 Å². The number of anilines is 2. The topological polar surface area (TPSA) is 148 Å². The predicted molar refractivity (Wildman–Crippen MR) is 144 cm³/mol. The van der Waals surface area contributed by atoms with Crippen LogP contribution in [0.25, 0.3) is 0 Å². The Morgan fingerprint density at radius 1 is 1.00 bits per heavy atom. The van der Waals surface area contributed by atoms with Crippen LogP contribution in [0.5, 0.6) is 0 Å². The molecule has 0 spiro atoms. The molecule has 2 heterocycles. The van der Waals surface area contributed by atoms with Crippen molar-refractivity contribution in [3.8, 4) is 0 Å². The lowest BCUT2D eigenvalue weighted by molar-refractivity contribution is 0.0428. The van der Waals surface area contributed by atoms with Gasteiger partial charge < -0.3 is 14.4 Å². The molecular weight excluding hydrogens is 526 g/mol. The number of aryl methyl sites for hydroxylation is 1. The van der Waals surface area contributed by atoms with Crippen LogP contribution in [0.2, 0.25) is 0 Å². The number of thiazole rings is 1. The summed E-state index contributed by atoms with van der Waals surface area (Å²) in [6.45, 7) is 9.93. The van der Waals surface area contributed by atoms with E-state index in [1.165, 1.54) is 23.2 Å². The number of urea groups is 1. The molecule has 1 aliphatic rings. The van der Waals surface area contributed by atoms with Crippen molar-refractivity contribution in [1.82, 2.24) is 14.9 Å². The molecule has 0 saturated carbocycles. The van der Waals surface area contributed by atoms with Crippen LogP contribution < -0.4 is 10.2 Å². The van der Waals surface area contributed by atoms with Crippen molar-refractivity contribution >= 4 is 52.1 Å². The van der Waals surface area contributed by atoms with Crippen LogP contribution >= 0.6 is 11.3 Å². The van der Waals surface area contributed by atoms with Gasteiger partial charge in [-0.3, -0.25) is 14.9 Å². The van der Waals surface area contributed by atoms with Gasteiger partial charge in [0, 0.05) is 25.9 Å². The Labute approximate surface area is 230 Å². The number of fused-ring (bicyclic) bond motifs is 1.